The minimum absolute atomic E-state index is 0.0426. The topological polar surface area (TPSA) is 77.9 Å². The summed E-state index contributed by atoms with van der Waals surface area (Å²) in [4.78, 5) is 15.2. The fourth-order valence-corrected chi connectivity index (χ4v) is 4.65. The average Bonchev–Trinajstić information content (AvgIpc) is 2.87. The first kappa shape index (κ1) is 29.0. The summed E-state index contributed by atoms with van der Waals surface area (Å²) >= 11 is 0. The van der Waals surface area contributed by atoms with Gasteiger partial charge < -0.3 is 19.3 Å². The van der Waals surface area contributed by atoms with E-state index in [2.05, 4.69) is 4.98 Å². The van der Waals surface area contributed by atoms with Gasteiger partial charge in [-0.3, -0.25) is 4.79 Å². The van der Waals surface area contributed by atoms with Crippen molar-refractivity contribution in [3.63, 3.8) is 0 Å². The number of pyridine rings is 1. The molecule has 0 saturated heterocycles. The number of hydrogen-bond donors (Lipinski definition) is 1. The maximum atomic E-state index is 15.3. The van der Waals surface area contributed by atoms with Gasteiger partial charge in [0.05, 0.1) is 25.8 Å². The zero-order valence-corrected chi connectivity index (χ0v) is 22.7. The number of ether oxygens (including phenoxy) is 3. The summed E-state index contributed by atoms with van der Waals surface area (Å²) in [5.74, 6) is -2.17. The predicted octanol–water partition coefficient (Wildman–Crippen LogP) is 7.32. The molecule has 0 saturated carbocycles. The number of halogens is 2. The van der Waals surface area contributed by atoms with Gasteiger partial charge in [-0.1, -0.05) is 52.0 Å². The van der Waals surface area contributed by atoms with Crippen molar-refractivity contribution in [3.05, 3.63) is 77.0 Å². The first-order chi connectivity index (χ1) is 18.0. The Bertz CT molecular complexity index is 1270. The number of hydrogen-bond acceptors (Lipinski definition) is 5. The number of carboxylic acids is 1. The molecule has 0 aliphatic carbocycles. The van der Waals surface area contributed by atoms with Gasteiger partial charge in [0.25, 0.3) is 0 Å². The third-order valence-corrected chi connectivity index (χ3v) is 6.49. The van der Waals surface area contributed by atoms with E-state index in [1.54, 1.807) is 37.4 Å². The fraction of sp³-hybridized carbons (Fsp3) is 0.400. The monoisotopic (exact) mass is 527 g/mol. The highest BCUT2D eigenvalue weighted by Crippen LogP contribution is 2.42. The molecule has 3 rings (SSSR count). The normalized spacial score (nSPS) is 13.2. The van der Waals surface area contributed by atoms with Crippen LogP contribution in [0.5, 0.6) is 11.6 Å². The van der Waals surface area contributed by atoms with Gasteiger partial charge in [0, 0.05) is 18.7 Å². The van der Waals surface area contributed by atoms with Gasteiger partial charge >= 0.3 is 5.97 Å². The quantitative estimate of drug-likeness (QED) is 0.282. The summed E-state index contributed by atoms with van der Waals surface area (Å²) in [6, 6.07) is 11.8. The molecule has 38 heavy (non-hydrogen) atoms. The number of carbonyl (C=O) groups is 1. The van der Waals surface area contributed by atoms with Crippen LogP contribution in [-0.4, -0.2) is 30.3 Å². The van der Waals surface area contributed by atoms with E-state index in [4.69, 9.17) is 14.2 Å². The molecule has 8 heteroatoms. The Kier molecular flexibility index (Phi) is 9.44. The Morgan fingerprint density at radius 1 is 1.05 bits per heavy atom. The van der Waals surface area contributed by atoms with Crippen LogP contribution in [-0.2, 0) is 16.1 Å². The molecule has 0 radical (unpaired) electrons. The minimum Gasteiger partial charge on any atom is -0.486 e. The summed E-state index contributed by atoms with van der Waals surface area (Å²) in [6.07, 6.45) is 1.05. The molecule has 204 valence electrons. The van der Waals surface area contributed by atoms with E-state index in [1.165, 1.54) is 13.2 Å². The Labute approximate surface area is 222 Å². The predicted molar refractivity (Wildman–Crippen MR) is 141 cm³/mol. The molecule has 1 heterocycles. The van der Waals surface area contributed by atoms with Crippen molar-refractivity contribution < 1.29 is 32.9 Å². The molecule has 2 aromatic carbocycles. The molecule has 6 nitrogen and oxygen atoms in total. The van der Waals surface area contributed by atoms with Crippen LogP contribution >= 0.6 is 0 Å². The van der Waals surface area contributed by atoms with Gasteiger partial charge in [0.1, 0.15) is 12.4 Å². The SMILES string of the molecule is CC[C@@H](CC(=O)O)c1cccc(OCc2ccc(-c3cc(OC)ncc3F)c([C@@H](OC)C(C)(C)C)c2)c1F. The van der Waals surface area contributed by atoms with Crippen LogP contribution in [0.3, 0.4) is 0 Å². The van der Waals surface area contributed by atoms with Gasteiger partial charge in [-0.2, -0.15) is 0 Å². The Morgan fingerprint density at radius 2 is 1.79 bits per heavy atom. The van der Waals surface area contributed by atoms with E-state index in [-0.39, 0.29) is 30.1 Å². The number of nitrogens with zero attached hydrogens (tertiary/aromatic N) is 1. The summed E-state index contributed by atoms with van der Waals surface area (Å²) in [5.41, 5.74) is 2.43. The third-order valence-electron chi connectivity index (χ3n) is 6.49. The molecular formula is C30H35F2NO5. The number of carboxylic acid groups (broad SMARTS) is 1. The van der Waals surface area contributed by atoms with E-state index in [9.17, 15) is 14.3 Å². The van der Waals surface area contributed by atoms with E-state index in [0.717, 1.165) is 17.3 Å². The molecule has 0 amide bonds. The first-order valence-electron chi connectivity index (χ1n) is 12.5. The van der Waals surface area contributed by atoms with Gasteiger partial charge in [0.2, 0.25) is 5.88 Å². The Hall–Kier alpha value is -3.52. The van der Waals surface area contributed by atoms with Gasteiger partial charge in [0.15, 0.2) is 11.6 Å². The van der Waals surface area contributed by atoms with Crippen LogP contribution < -0.4 is 9.47 Å². The second-order valence-corrected chi connectivity index (χ2v) is 10.3. The lowest BCUT2D eigenvalue weighted by Crippen LogP contribution is -2.21. The van der Waals surface area contributed by atoms with E-state index >= 15 is 4.39 Å². The smallest absolute Gasteiger partial charge is 0.303 e. The average molecular weight is 528 g/mol. The third kappa shape index (κ3) is 6.67. The van der Waals surface area contributed by atoms with Gasteiger partial charge in [-0.15, -0.1) is 0 Å². The zero-order valence-electron chi connectivity index (χ0n) is 22.7. The zero-order chi connectivity index (χ0) is 28.0. The van der Waals surface area contributed by atoms with Gasteiger partial charge in [-0.25, -0.2) is 13.8 Å². The summed E-state index contributed by atoms with van der Waals surface area (Å²) < 4.78 is 47.1. The lowest BCUT2D eigenvalue weighted by atomic mass is 9.81. The maximum Gasteiger partial charge on any atom is 0.303 e. The van der Waals surface area contributed by atoms with Crippen LogP contribution in [0, 0.1) is 17.0 Å². The van der Waals surface area contributed by atoms with Crippen molar-refractivity contribution in [3.8, 4) is 22.8 Å². The van der Waals surface area contributed by atoms with Crippen molar-refractivity contribution in [2.45, 2.75) is 59.2 Å². The highest BCUT2D eigenvalue weighted by molar-refractivity contribution is 5.70. The van der Waals surface area contributed by atoms with Crippen LogP contribution in [0.1, 0.15) is 69.2 Å². The minimum atomic E-state index is -0.981. The number of rotatable bonds is 11. The molecular weight excluding hydrogens is 492 g/mol. The molecule has 0 aliphatic rings. The molecule has 2 atom stereocenters. The highest BCUT2D eigenvalue weighted by Gasteiger charge is 2.30. The van der Waals surface area contributed by atoms with Crippen molar-refractivity contribution >= 4 is 5.97 Å². The second-order valence-electron chi connectivity index (χ2n) is 10.3. The Morgan fingerprint density at radius 3 is 2.39 bits per heavy atom. The maximum absolute atomic E-state index is 15.3. The van der Waals surface area contributed by atoms with Crippen LogP contribution in [0.15, 0.2) is 48.7 Å². The number of methoxy groups -OCH3 is 2. The summed E-state index contributed by atoms with van der Waals surface area (Å²) in [5, 5.41) is 9.19. The van der Waals surface area contributed by atoms with Crippen molar-refractivity contribution in [1.29, 1.82) is 0 Å². The summed E-state index contributed by atoms with van der Waals surface area (Å²) in [6.45, 7) is 7.96. The molecule has 0 aliphatic heterocycles. The molecule has 0 unspecified atom stereocenters. The molecule has 1 N–H and O–H groups in total. The highest BCUT2D eigenvalue weighted by atomic mass is 19.1. The van der Waals surface area contributed by atoms with Crippen LogP contribution in [0.25, 0.3) is 11.1 Å². The van der Waals surface area contributed by atoms with Crippen molar-refractivity contribution in [2.24, 2.45) is 5.41 Å². The molecule has 0 fully saturated rings. The molecule has 1 aromatic heterocycles. The Balaban J connectivity index is 2.00. The lowest BCUT2D eigenvalue weighted by Gasteiger charge is -2.32. The molecule has 3 aromatic rings. The fourth-order valence-electron chi connectivity index (χ4n) is 4.65. The van der Waals surface area contributed by atoms with Gasteiger partial charge in [-0.05, 0) is 52.1 Å². The number of aromatic nitrogens is 1. The van der Waals surface area contributed by atoms with E-state index < -0.39 is 29.6 Å². The largest absolute Gasteiger partial charge is 0.486 e. The first-order valence-corrected chi connectivity index (χ1v) is 12.5. The molecule has 0 bridgehead atoms. The molecule has 0 spiro atoms. The van der Waals surface area contributed by atoms with Crippen LogP contribution in [0.4, 0.5) is 8.78 Å². The second kappa shape index (κ2) is 12.3. The van der Waals surface area contributed by atoms with Crippen molar-refractivity contribution in [1.82, 2.24) is 4.98 Å². The van der Waals surface area contributed by atoms with E-state index in [1.807, 2.05) is 33.8 Å². The number of aliphatic carboxylic acids is 1. The number of benzene rings is 2. The van der Waals surface area contributed by atoms with Crippen molar-refractivity contribution in [2.75, 3.05) is 14.2 Å². The van der Waals surface area contributed by atoms with E-state index in [0.29, 0.717) is 23.1 Å². The summed E-state index contributed by atoms with van der Waals surface area (Å²) in [7, 11) is 3.07. The lowest BCUT2D eigenvalue weighted by molar-refractivity contribution is -0.137. The standard InChI is InChI=1S/C30H35F2NO5/c1-7-19(14-27(34)35)20-9-8-10-25(28(20)32)38-17-18-11-12-21(22-15-26(36-5)33-16-24(22)31)23(13-18)29(37-6)30(2,3)4/h8-13,15-16,19,29H,7,14,17H2,1-6H3,(H,34,35)/t19-,29+/m0/s1. The van der Waals surface area contributed by atoms with Crippen LogP contribution in [0.2, 0.25) is 0 Å².